The van der Waals surface area contributed by atoms with Crippen LogP contribution in [-0.2, 0) is 10.7 Å². The van der Waals surface area contributed by atoms with E-state index in [2.05, 4.69) is 21.2 Å². The van der Waals surface area contributed by atoms with Gasteiger partial charge in [-0.25, -0.2) is 14.4 Å². The molecule has 3 aromatic rings. The second-order valence-corrected chi connectivity index (χ2v) is 9.76. The molecule has 1 aromatic heterocycles. The Kier molecular flexibility index (Phi) is 7.36. The third-order valence-electron chi connectivity index (χ3n) is 6.24. The third kappa shape index (κ3) is 5.65. The highest BCUT2D eigenvalue weighted by atomic mass is 19.3. The smallest absolute Gasteiger partial charge is 0.303 e. The van der Waals surface area contributed by atoms with E-state index in [-0.39, 0.29) is 5.56 Å². The molecule has 4 rings (SSSR count). The summed E-state index contributed by atoms with van der Waals surface area (Å²) in [7, 11) is 0. The van der Waals surface area contributed by atoms with Crippen LogP contribution in [0.4, 0.5) is 19.0 Å². The van der Waals surface area contributed by atoms with Gasteiger partial charge in [0.15, 0.2) is 0 Å². The summed E-state index contributed by atoms with van der Waals surface area (Å²) in [6.45, 7) is 5.98. The fourth-order valence-corrected chi connectivity index (χ4v) is 3.95. The van der Waals surface area contributed by atoms with Gasteiger partial charge in [0, 0.05) is 10.9 Å². The van der Waals surface area contributed by atoms with Gasteiger partial charge in [-0.15, -0.1) is 6.42 Å². The maximum atomic E-state index is 15.3. The van der Waals surface area contributed by atoms with E-state index in [0.717, 1.165) is 32.8 Å². The maximum Gasteiger partial charge on any atom is 0.303 e. The zero-order valence-corrected chi connectivity index (χ0v) is 21.2. The molecular formula is C28H30F3N3O3. The van der Waals surface area contributed by atoms with Crippen molar-refractivity contribution in [3.63, 3.8) is 0 Å². The molecule has 0 aliphatic heterocycles. The number of nitrogens with zero attached hydrogens (tertiary/aromatic N) is 2. The van der Waals surface area contributed by atoms with Gasteiger partial charge in [-0.05, 0) is 58.7 Å². The lowest BCUT2D eigenvalue weighted by Gasteiger charge is -2.30. The zero-order chi connectivity index (χ0) is 27.0. The molecule has 9 heteroatoms. The number of terminal acetylenes is 1. The van der Waals surface area contributed by atoms with Gasteiger partial charge in [0.05, 0.1) is 35.4 Å². The van der Waals surface area contributed by atoms with Crippen molar-refractivity contribution < 1.29 is 27.8 Å². The standard InChI is InChI=1S/C28H30F3N3O3/c1-6-18-14-23-21(15-24(18)37-13-12-36-19-10-11-19)26(34-17(3)33-23)32-16(2)20-8-7-9-22(25(20)29)28(30,31)27(4,5)35/h1,7-9,14-16,19,35H,10-13H2,2-5H3,(H,32,33,34)/t16-/m1/s1. The van der Waals surface area contributed by atoms with E-state index in [9.17, 15) is 13.9 Å². The van der Waals surface area contributed by atoms with Gasteiger partial charge in [0.2, 0.25) is 0 Å². The second kappa shape index (κ2) is 10.2. The molecule has 1 aliphatic carbocycles. The van der Waals surface area contributed by atoms with Gasteiger partial charge in [0.1, 0.15) is 35.4 Å². The van der Waals surface area contributed by atoms with Crippen molar-refractivity contribution in [2.45, 2.75) is 64.2 Å². The van der Waals surface area contributed by atoms with Crippen molar-refractivity contribution in [2.75, 3.05) is 18.5 Å². The van der Waals surface area contributed by atoms with E-state index in [4.69, 9.17) is 15.9 Å². The van der Waals surface area contributed by atoms with Crippen molar-refractivity contribution in [2.24, 2.45) is 0 Å². The molecule has 0 amide bonds. The molecule has 196 valence electrons. The minimum atomic E-state index is -3.80. The molecule has 1 aliphatic rings. The van der Waals surface area contributed by atoms with Crippen molar-refractivity contribution in [1.82, 2.24) is 9.97 Å². The summed E-state index contributed by atoms with van der Waals surface area (Å²) >= 11 is 0. The number of aliphatic hydroxyl groups is 1. The van der Waals surface area contributed by atoms with Gasteiger partial charge >= 0.3 is 5.92 Å². The van der Waals surface area contributed by atoms with Crippen molar-refractivity contribution >= 4 is 16.7 Å². The molecule has 2 N–H and O–H groups in total. The molecule has 37 heavy (non-hydrogen) atoms. The number of aromatic nitrogens is 2. The Hall–Kier alpha value is -3.35. The Bertz CT molecular complexity index is 1340. The minimum absolute atomic E-state index is 0.000200. The molecule has 0 unspecified atom stereocenters. The van der Waals surface area contributed by atoms with E-state index in [1.165, 1.54) is 12.1 Å². The van der Waals surface area contributed by atoms with Gasteiger partial charge in [0.25, 0.3) is 0 Å². The minimum Gasteiger partial charge on any atom is -0.490 e. The fourth-order valence-electron chi connectivity index (χ4n) is 3.95. The van der Waals surface area contributed by atoms with E-state index >= 15 is 4.39 Å². The predicted molar refractivity (Wildman–Crippen MR) is 135 cm³/mol. The van der Waals surface area contributed by atoms with Crippen LogP contribution in [-0.4, -0.2) is 40.0 Å². The van der Waals surface area contributed by atoms with Crippen molar-refractivity contribution in [3.8, 4) is 18.1 Å². The summed E-state index contributed by atoms with van der Waals surface area (Å²) in [5.74, 6) is -1.02. The monoisotopic (exact) mass is 513 g/mol. The van der Waals surface area contributed by atoms with E-state index in [0.29, 0.717) is 53.2 Å². The number of aryl methyl sites for hydroxylation is 1. The van der Waals surface area contributed by atoms with Gasteiger partial charge in [-0.1, -0.05) is 18.1 Å². The first-order valence-corrected chi connectivity index (χ1v) is 12.1. The molecule has 0 spiro atoms. The Morgan fingerprint density at radius 3 is 2.59 bits per heavy atom. The average molecular weight is 514 g/mol. The number of hydrogen-bond donors (Lipinski definition) is 2. The molecule has 2 aromatic carbocycles. The molecule has 0 bridgehead atoms. The third-order valence-corrected chi connectivity index (χ3v) is 6.24. The summed E-state index contributed by atoms with van der Waals surface area (Å²) in [5.41, 5.74) is -2.25. The number of rotatable bonds is 10. The van der Waals surface area contributed by atoms with E-state index in [1.54, 1.807) is 26.0 Å². The van der Waals surface area contributed by atoms with E-state index in [1.807, 2.05) is 0 Å². The van der Waals surface area contributed by atoms with Gasteiger partial charge in [-0.3, -0.25) is 0 Å². The number of alkyl halides is 2. The lowest BCUT2D eigenvalue weighted by atomic mass is 9.91. The predicted octanol–water partition coefficient (Wildman–Crippen LogP) is 5.65. The molecule has 1 saturated carbocycles. The van der Waals surface area contributed by atoms with Crippen LogP contribution < -0.4 is 10.1 Å². The van der Waals surface area contributed by atoms with Crippen LogP contribution in [0.1, 0.15) is 62.2 Å². The Morgan fingerprint density at radius 2 is 1.95 bits per heavy atom. The highest BCUT2D eigenvalue weighted by Gasteiger charge is 2.49. The molecule has 0 saturated heterocycles. The molecule has 6 nitrogen and oxygen atoms in total. The highest BCUT2D eigenvalue weighted by molar-refractivity contribution is 5.92. The summed E-state index contributed by atoms with van der Waals surface area (Å²) < 4.78 is 56.4. The number of benzene rings is 2. The zero-order valence-electron chi connectivity index (χ0n) is 21.2. The number of hydrogen-bond acceptors (Lipinski definition) is 6. The number of anilines is 1. The quantitative estimate of drug-likeness (QED) is 0.270. The number of halogens is 3. The van der Waals surface area contributed by atoms with Crippen LogP contribution in [0.25, 0.3) is 10.9 Å². The van der Waals surface area contributed by atoms with Crippen LogP contribution in [0.3, 0.4) is 0 Å². The van der Waals surface area contributed by atoms with Gasteiger partial charge < -0.3 is 19.9 Å². The first kappa shape index (κ1) is 26.7. The second-order valence-electron chi connectivity index (χ2n) is 9.76. The Balaban J connectivity index is 1.66. The van der Waals surface area contributed by atoms with Gasteiger partial charge in [-0.2, -0.15) is 8.78 Å². The summed E-state index contributed by atoms with van der Waals surface area (Å²) in [6.07, 6.45) is 8.13. The Labute approximate surface area is 214 Å². The molecule has 1 atom stereocenters. The van der Waals surface area contributed by atoms with Crippen LogP contribution in [0, 0.1) is 25.1 Å². The summed E-state index contributed by atoms with van der Waals surface area (Å²) in [6, 6.07) is 6.40. The largest absolute Gasteiger partial charge is 0.490 e. The first-order chi connectivity index (χ1) is 17.4. The van der Waals surface area contributed by atoms with Crippen LogP contribution in [0.15, 0.2) is 30.3 Å². The SMILES string of the molecule is C#Cc1cc2nc(C)nc(N[C@H](C)c3cccc(C(F)(F)C(C)(C)O)c3F)c2cc1OCCOC1CC1. The maximum absolute atomic E-state index is 15.3. The molecule has 0 radical (unpaired) electrons. The van der Waals surface area contributed by atoms with Crippen LogP contribution in [0.2, 0.25) is 0 Å². The number of fused-ring (bicyclic) bond motifs is 1. The lowest BCUT2D eigenvalue weighted by molar-refractivity contribution is -0.170. The fraction of sp³-hybridized carbons (Fsp3) is 0.429. The summed E-state index contributed by atoms with van der Waals surface area (Å²) in [4.78, 5) is 8.92. The van der Waals surface area contributed by atoms with Crippen LogP contribution in [0.5, 0.6) is 5.75 Å². The van der Waals surface area contributed by atoms with Crippen molar-refractivity contribution in [1.29, 1.82) is 0 Å². The average Bonchev–Trinajstić information content (AvgIpc) is 3.65. The number of ether oxygens (including phenoxy) is 2. The normalized spacial score (nSPS) is 14.9. The summed E-state index contributed by atoms with van der Waals surface area (Å²) in [5, 5.41) is 13.6. The first-order valence-electron chi connectivity index (χ1n) is 12.1. The van der Waals surface area contributed by atoms with Crippen LogP contribution >= 0.6 is 0 Å². The van der Waals surface area contributed by atoms with E-state index < -0.39 is 28.9 Å². The molecular weight excluding hydrogens is 483 g/mol. The molecule has 1 fully saturated rings. The van der Waals surface area contributed by atoms with Crippen molar-refractivity contribution in [3.05, 3.63) is 58.7 Å². The topological polar surface area (TPSA) is 76.5 Å². The highest BCUT2D eigenvalue weighted by Crippen LogP contribution is 2.41. The number of nitrogens with one attached hydrogen (secondary N) is 1. The Morgan fingerprint density at radius 1 is 1.22 bits per heavy atom. The lowest BCUT2D eigenvalue weighted by Crippen LogP contribution is -2.41. The molecule has 1 heterocycles.